The number of para-hydroxylation sites is 1. The van der Waals surface area contributed by atoms with Gasteiger partial charge in [0.25, 0.3) is 5.91 Å². The third kappa shape index (κ3) is 4.98. The molecule has 1 aliphatic rings. The highest BCUT2D eigenvalue weighted by molar-refractivity contribution is 6.00. The van der Waals surface area contributed by atoms with E-state index in [-0.39, 0.29) is 18.9 Å². The predicted molar refractivity (Wildman–Crippen MR) is 104 cm³/mol. The van der Waals surface area contributed by atoms with Gasteiger partial charge in [0.1, 0.15) is 0 Å². The Morgan fingerprint density at radius 2 is 1.76 bits per heavy atom. The van der Waals surface area contributed by atoms with Crippen molar-refractivity contribution in [2.45, 2.75) is 6.42 Å². The SMILES string of the molecule is COC(=O)c1ccc(NC(=O)COC(=O)[C@@H]2CC(=O)N(c3ccccc3)C2)cc1. The van der Waals surface area contributed by atoms with Crippen LogP contribution < -0.4 is 10.2 Å². The van der Waals surface area contributed by atoms with Gasteiger partial charge in [-0.2, -0.15) is 0 Å². The molecule has 0 radical (unpaired) electrons. The highest BCUT2D eigenvalue weighted by atomic mass is 16.5. The molecule has 3 rings (SSSR count). The van der Waals surface area contributed by atoms with Gasteiger partial charge in [-0.05, 0) is 36.4 Å². The van der Waals surface area contributed by atoms with Gasteiger partial charge in [-0.15, -0.1) is 0 Å². The summed E-state index contributed by atoms with van der Waals surface area (Å²) in [4.78, 5) is 49.3. The van der Waals surface area contributed by atoms with Gasteiger partial charge in [0.05, 0.1) is 18.6 Å². The number of rotatable bonds is 6. The first-order chi connectivity index (χ1) is 14.0. The van der Waals surface area contributed by atoms with Gasteiger partial charge in [-0.3, -0.25) is 14.4 Å². The van der Waals surface area contributed by atoms with E-state index >= 15 is 0 Å². The summed E-state index contributed by atoms with van der Waals surface area (Å²) in [5.74, 6) is -2.36. The summed E-state index contributed by atoms with van der Waals surface area (Å²) in [5, 5.41) is 2.57. The van der Waals surface area contributed by atoms with Crippen molar-refractivity contribution in [3.8, 4) is 0 Å². The van der Waals surface area contributed by atoms with E-state index < -0.39 is 30.4 Å². The molecule has 8 nitrogen and oxygen atoms in total. The quantitative estimate of drug-likeness (QED) is 0.750. The Labute approximate surface area is 167 Å². The molecule has 1 fully saturated rings. The first-order valence-corrected chi connectivity index (χ1v) is 8.98. The maximum Gasteiger partial charge on any atom is 0.337 e. The largest absolute Gasteiger partial charge is 0.465 e. The summed E-state index contributed by atoms with van der Waals surface area (Å²) < 4.78 is 9.67. The normalized spacial score (nSPS) is 15.7. The number of hydrogen-bond acceptors (Lipinski definition) is 6. The summed E-state index contributed by atoms with van der Waals surface area (Å²) in [6.07, 6.45) is 0.0460. The predicted octanol–water partition coefficient (Wildman–Crippen LogP) is 2.01. The third-order valence-electron chi connectivity index (χ3n) is 4.46. The number of hydrogen-bond donors (Lipinski definition) is 1. The number of benzene rings is 2. The van der Waals surface area contributed by atoms with Crippen LogP contribution in [0.25, 0.3) is 0 Å². The van der Waals surface area contributed by atoms with Crippen LogP contribution in [0.4, 0.5) is 11.4 Å². The van der Waals surface area contributed by atoms with Crippen molar-refractivity contribution in [1.82, 2.24) is 0 Å². The molecule has 0 bridgehead atoms. The minimum Gasteiger partial charge on any atom is -0.465 e. The van der Waals surface area contributed by atoms with E-state index in [1.807, 2.05) is 18.2 Å². The van der Waals surface area contributed by atoms with Gasteiger partial charge in [-0.1, -0.05) is 18.2 Å². The van der Waals surface area contributed by atoms with E-state index in [0.717, 1.165) is 5.69 Å². The highest BCUT2D eigenvalue weighted by Crippen LogP contribution is 2.25. The molecule has 150 valence electrons. The second-order valence-corrected chi connectivity index (χ2v) is 6.47. The van der Waals surface area contributed by atoms with Gasteiger partial charge in [0.15, 0.2) is 6.61 Å². The van der Waals surface area contributed by atoms with Crippen LogP contribution in [0.3, 0.4) is 0 Å². The number of carbonyl (C=O) groups excluding carboxylic acids is 4. The number of ether oxygens (including phenoxy) is 2. The fourth-order valence-corrected chi connectivity index (χ4v) is 2.98. The molecule has 29 heavy (non-hydrogen) atoms. The van der Waals surface area contributed by atoms with E-state index in [2.05, 4.69) is 10.1 Å². The molecule has 0 unspecified atom stereocenters. The number of esters is 2. The lowest BCUT2D eigenvalue weighted by Gasteiger charge is -2.16. The number of methoxy groups -OCH3 is 1. The van der Waals surface area contributed by atoms with Gasteiger partial charge in [-0.25, -0.2) is 4.79 Å². The lowest BCUT2D eigenvalue weighted by molar-refractivity contribution is -0.151. The molecule has 2 aromatic rings. The second-order valence-electron chi connectivity index (χ2n) is 6.47. The van der Waals surface area contributed by atoms with Crippen LogP contribution in [0.2, 0.25) is 0 Å². The Bertz CT molecular complexity index is 911. The smallest absolute Gasteiger partial charge is 0.337 e. The lowest BCUT2D eigenvalue weighted by Crippen LogP contribution is -2.28. The maximum atomic E-state index is 12.2. The van der Waals surface area contributed by atoms with E-state index in [1.165, 1.54) is 24.1 Å². The molecule has 0 saturated carbocycles. The lowest BCUT2D eigenvalue weighted by atomic mass is 10.1. The molecule has 1 N–H and O–H groups in total. The molecule has 1 saturated heterocycles. The van der Waals surface area contributed by atoms with E-state index in [1.54, 1.807) is 24.3 Å². The Morgan fingerprint density at radius 3 is 2.41 bits per heavy atom. The van der Waals surface area contributed by atoms with Gasteiger partial charge < -0.3 is 19.7 Å². The molecular weight excluding hydrogens is 376 g/mol. The van der Waals surface area contributed by atoms with Crippen LogP contribution in [0.1, 0.15) is 16.8 Å². The molecule has 0 aromatic heterocycles. The Morgan fingerprint density at radius 1 is 1.07 bits per heavy atom. The fraction of sp³-hybridized carbons (Fsp3) is 0.238. The van der Waals surface area contributed by atoms with Gasteiger partial charge >= 0.3 is 11.9 Å². The van der Waals surface area contributed by atoms with Crippen molar-refractivity contribution < 1.29 is 28.7 Å². The van der Waals surface area contributed by atoms with E-state index in [0.29, 0.717) is 11.3 Å². The zero-order chi connectivity index (χ0) is 20.8. The third-order valence-corrected chi connectivity index (χ3v) is 4.46. The average Bonchev–Trinajstić information content (AvgIpc) is 3.14. The fourth-order valence-electron chi connectivity index (χ4n) is 2.98. The Hall–Kier alpha value is -3.68. The Balaban J connectivity index is 1.48. The maximum absolute atomic E-state index is 12.2. The summed E-state index contributed by atoms with van der Waals surface area (Å²) in [6, 6.07) is 15.2. The number of carbonyl (C=O) groups is 4. The van der Waals surface area contributed by atoms with Crippen LogP contribution in [0.5, 0.6) is 0 Å². The molecule has 2 amide bonds. The Kier molecular flexibility index (Phi) is 6.23. The van der Waals surface area contributed by atoms with Gasteiger partial charge in [0, 0.05) is 24.3 Å². The van der Waals surface area contributed by atoms with Crippen molar-refractivity contribution in [3.05, 3.63) is 60.2 Å². The molecule has 8 heteroatoms. The van der Waals surface area contributed by atoms with Gasteiger partial charge in [0.2, 0.25) is 5.91 Å². The zero-order valence-electron chi connectivity index (χ0n) is 15.8. The molecular formula is C21H20N2O6. The highest BCUT2D eigenvalue weighted by Gasteiger charge is 2.36. The summed E-state index contributed by atoms with van der Waals surface area (Å²) in [7, 11) is 1.28. The minimum atomic E-state index is -0.616. The molecule has 2 aromatic carbocycles. The number of amides is 2. The van der Waals surface area contributed by atoms with E-state index in [9.17, 15) is 19.2 Å². The number of nitrogens with one attached hydrogen (secondary N) is 1. The van der Waals surface area contributed by atoms with Crippen molar-refractivity contribution in [2.75, 3.05) is 30.5 Å². The van der Waals surface area contributed by atoms with Crippen molar-refractivity contribution in [2.24, 2.45) is 5.92 Å². The standard InChI is InChI=1S/C21H20N2O6/c1-28-20(26)14-7-9-16(10-8-14)22-18(24)13-29-21(27)15-11-19(25)23(12-15)17-5-3-2-4-6-17/h2-10,15H,11-13H2,1H3,(H,22,24)/t15-/m1/s1. The molecule has 1 atom stereocenters. The molecule has 1 aliphatic heterocycles. The monoisotopic (exact) mass is 396 g/mol. The summed E-state index contributed by atoms with van der Waals surface area (Å²) in [6.45, 7) is -0.244. The van der Waals surface area contributed by atoms with Crippen molar-refractivity contribution >= 4 is 35.1 Å². The van der Waals surface area contributed by atoms with Crippen molar-refractivity contribution in [1.29, 1.82) is 0 Å². The van der Waals surface area contributed by atoms with Crippen LogP contribution in [-0.2, 0) is 23.9 Å². The molecule has 1 heterocycles. The minimum absolute atomic E-state index is 0.0460. The first-order valence-electron chi connectivity index (χ1n) is 8.98. The van der Waals surface area contributed by atoms with Crippen LogP contribution >= 0.6 is 0 Å². The topological polar surface area (TPSA) is 102 Å². The number of anilines is 2. The van der Waals surface area contributed by atoms with E-state index in [4.69, 9.17) is 4.74 Å². The first kappa shape index (κ1) is 20.1. The average molecular weight is 396 g/mol. The van der Waals surface area contributed by atoms with Crippen LogP contribution in [0.15, 0.2) is 54.6 Å². The molecule has 0 aliphatic carbocycles. The zero-order valence-corrected chi connectivity index (χ0v) is 15.8. The summed E-state index contributed by atoms with van der Waals surface area (Å²) >= 11 is 0. The van der Waals surface area contributed by atoms with Crippen molar-refractivity contribution in [3.63, 3.8) is 0 Å². The molecule has 0 spiro atoms. The second kappa shape index (κ2) is 9.01. The van der Waals surface area contributed by atoms with Crippen LogP contribution in [0, 0.1) is 5.92 Å². The number of nitrogens with zero attached hydrogens (tertiary/aromatic N) is 1. The van der Waals surface area contributed by atoms with Crippen LogP contribution in [-0.4, -0.2) is 44.0 Å². The summed E-state index contributed by atoms with van der Waals surface area (Å²) in [5.41, 5.74) is 1.52.